The molecule has 0 saturated heterocycles. The van der Waals surface area contributed by atoms with Gasteiger partial charge in [0.15, 0.2) is 5.82 Å². The molecular formula is C54H38N4. The van der Waals surface area contributed by atoms with Crippen molar-refractivity contribution in [2.75, 3.05) is 0 Å². The first kappa shape index (κ1) is 33.9. The first-order valence-electron chi connectivity index (χ1n) is 19.9. The summed E-state index contributed by atoms with van der Waals surface area (Å²) in [6.45, 7) is 4.64. The number of hydrogen-bond acceptors (Lipinski definition) is 3. The molecule has 274 valence electrons. The Bertz CT molecular complexity index is 3180. The number of nitrogens with zero attached hydrogens (tertiary/aromatic N) is 4. The molecule has 0 spiro atoms. The highest BCUT2D eigenvalue weighted by molar-refractivity contribution is 6.08. The van der Waals surface area contributed by atoms with Gasteiger partial charge in [0.05, 0.1) is 22.6 Å². The van der Waals surface area contributed by atoms with Crippen LogP contribution in [0.15, 0.2) is 194 Å². The standard InChI is InChI=1S/C54H38N4/c1-54(2)45-28-15-14-27-43(45)44-30-29-39(32-46(44)54)48-34-47(35-17-6-3-7-18-35)55-53(56-48)41-25-16-24-40(31-41)49-33-38-23-12-13-26-42(38)52-50(36-19-8-4-9-20-36)51(57-58(49)52)37-21-10-5-11-22-37/h3-34H,1-2H3. The lowest BCUT2D eigenvalue weighted by molar-refractivity contribution is 0.660. The van der Waals surface area contributed by atoms with Crippen molar-refractivity contribution in [3.05, 3.63) is 205 Å². The molecule has 3 heterocycles. The van der Waals surface area contributed by atoms with E-state index in [-0.39, 0.29) is 5.41 Å². The van der Waals surface area contributed by atoms with Crippen LogP contribution in [0.2, 0.25) is 0 Å². The number of hydrogen-bond donors (Lipinski definition) is 0. The molecule has 1 aliphatic carbocycles. The molecule has 4 nitrogen and oxygen atoms in total. The molecule has 4 heteroatoms. The summed E-state index contributed by atoms with van der Waals surface area (Å²) in [4.78, 5) is 10.6. The van der Waals surface area contributed by atoms with E-state index in [4.69, 9.17) is 15.1 Å². The molecule has 11 rings (SSSR count). The second-order valence-electron chi connectivity index (χ2n) is 15.7. The maximum Gasteiger partial charge on any atom is 0.160 e. The molecule has 0 radical (unpaired) electrons. The van der Waals surface area contributed by atoms with Crippen LogP contribution in [0.5, 0.6) is 0 Å². The van der Waals surface area contributed by atoms with Gasteiger partial charge in [0.1, 0.15) is 5.69 Å². The number of pyridine rings is 1. The lowest BCUT2D eigenvalue weighted by Crippen LogP contribution is -2.14. The largest absolute Gasteiger partial charge is 0.231 e. The van der Waals surface area contributed by atoms with Crippen LogP contribution in [0.1, 0.15) is 25.0 Å². The Morgan fingerprint density at radius 2 is 1.03 bits per heavy atom. The maximum atomic E-state index is 5.44. The third kappa shape index (κ3) is 5.48. The number of rotatable bonds is 6. The fourth-order valence-electron chi connectivity index (χ4n) is 8.93. The number of fused-ring (bicyclic) bond motifs is 6. The van der Waals surface area contributed by atoms with Crippen molar-refractivity contribution in [3.63, 3.8) is 0 Å². The van der Waals surface area contributed by atoms with Crippen molar-refractivity contribution in [1.29, 1.82) is 0 Å². The van der Waals surface area contributed by atoms with Crippen LogP contribution in [0.3, 0.4) is 0 Å². The Morgan fingerprint density at radius 1 is 0.431 bits per heavy atom. The SMILES string of the molecule is CC1(C)c2ccccc2-c2ccc(-c3cc(-c4ccccc4)nc(-c4cccc(-c5cc6ccccc6c6c(-c7ccccc7)c(-c7ccccc7)nn56)c4)n3)cc21. The molecule has 58 heavy (non-hydrogen) atoms. The lowest BCUT2D eigenvalue weighted by atomic mass is 9.82. The Labute approximate surface area is 337 Å². The number of benzene rings is 7. The van der Waals surface area contributed by atoms with Gasteiger partial charge in [-0.25, -0.2) is 14.5 Å². The van der Waals surface area contributed by atoms with Crippen LogP contribution in [-0.4, -0.2) is 19.6 Å². The van der Waals surface area contributed by atoms with Gasteiger partial charge in [-0.15, -0.1) is 0 Å². The van der Waals surface area contributed by atoms with Crippen LogP contribution in [0.25, 0.3) is 95.0 Å². The van der Waals surface area contributed by atoms with Crippen molar-refractivity contribution >= 4 is 16.3 Å². The van der Waals surface area contributed by atoms with E-state index in [9.17, 15) is 0 Å². The zero-order valence-corrected chi connectivity index (χ0v) is 32.3. The maximum absolute atomic E-state index is 5.44. The van der Waals surface area contributed by atoms with Gasteiger partial charge >= 0.3 is 0 Å². The lowest BCUT2D eigenvalue weighted by Gasteiger charge is -2.22. The highest BCUT2D eigenvalue weighted by Crippen LogP contribution is 2.49. The zero-order valence-electron chi connectivity index (χ0n) is 32.3. The minimum atomic E-state index is -0.118. The van der Waals surface area contributed by atoms with Gasteiger partial charge in [-0.3, -0.25) is 0 Å². The Balaban J connectivity index is 1.11. The topological polar surface area (TPSA) is 43.1 Å². The van der Waals surface area contributed by atoms with Gasteiger partial charge in [-0.05, 0) is 57.5 Å². The monoisotopic (exact) mass is 742 g/mol. The summed E-state index contributed by atoms with van der Waals surface area (Å²) in [5.74, 6) is 0.675. The van der Waals surface area contributed by atoms with E-state index in [1.54, 1.807) is 0 Å². The zero-order chi connectivity index (χ0) is 38.8. The average molecular weight is 743 g/mol. The van der Waals surface area contributed by atoms with Crippen LogP contribution in [0, 0.1) is 0 Å². The molecule has 0 atom stereocenters. The van der Waals surface area contributed by atoms with Crippen LogP contribution >= 0.6 is 0 Å². The van der Waals surface area contributed by atoms with E-state index < -0.39 is 0 Å². The van der Waals surface area contributed by atoms with E-state index in [1.807, 2.05) is 6.07 Å². The van der Waals surface area contributed by atoms with E-state index in [0.29, 0.717) is 5.82 Å². The van der Waals surface area contributed by atoms with Crippen LogP contribution in [-0.2, 0) is 5.41 Å². The van der Waals surface area contributed by atoms with Gasteiger partial charge in [0.2, 0.25) is 0 Å². The third-order valence-electron chi connectivity index (χ3n) is 11.8. The summed E-state index contributed by atoms with van der Waals surface area (Å²) in [6, 6.07) is 68.8. The molecule has 0 bridgehead atoms. The van der Waals surface area contributed by atoms with Crippen molar-refractivity contribution < 1.29 is 0 Å². The molecule has 0 saturated carbocycles. The number of aromatic nitrogens is 4. The van der Waals surface area contributed by atoms with E-state index >= 15 is 0 Å². The molecule has 1 aliphatic rings. The second kappa shape index (κ2) is 13.4. The smallest absolute Gasteiger partial charge is 0.160 e. The van der Waals surface area contributed by atoms with Crippen LogP contribution in [0.4, 0.5) is 0 Å². The fourth-order valence-corrected chi connectivity index (χ4v) is 8.93. The minimum absolute atomic E-state index is 0.118. The van der Waals surface area contributed by atoms with Gasteiger partial charge < -0.3 is 0 Å². The molecule has 0 unspecified atom stereocenters. The predicted molar refractivity (Wildman–Crippen MR) is 238 cm³/mol. The quantitative estimate of drug-likeness (QED) is 0.170. The summed E-state index contributed by atoms with van der Waals surface area (Å²) in [6.07, 6.45) is 0. The molecular weight excluding hydrogens is 705 g/mol. The molecule has 0 fully saturated rings. The van der Waals surface area contributed by atoms with Crippen molar-refractivity contribution in [2.45, 2.75) is 19.3 Å². The molecule has 0 N–H and O–H groups in total. The van der Waals surface area contributed by atoms with E-state index in [1.165, 1.54) is 22.3 Å². The molecule has 0 aliphatic heterocycles. The summed E-state index contributed by atoms with van der Waals surface area (Å²) in [7, 11) is 0. The Hall–Kier alpha value is -7.43. The van der Waals surface area contributed by atoms with Gasteiger partial charge in [0, 0.05) is 44.2 Å². The highest BCUT2D eigenvalue weighted by atomic mass is 15.2. The summed E-state index contributed by atoms with van der Waals surface area (Å²) in [5, 5.41) is 7.74. The van der Waals surface area contributed by atoms with Crippen LogP contribution < -0.4 is 0 Å². The molecule has 7 aromatic carbocycles. The molecule has 0 amide bonds. The highest BCUT2D eigenvalue weighted by Gasteiger charge is 2.35. The van der Waals surface area contributed by atoms with Crippen molar-refractivity contribution in [1.82, 2.24) is 19.6 Å². The average Bonchev–Trinajstić information content (AvgIpc) is 3.80. The fraction of sp³-hybridized carbons (Fsp3) is 0.0556. The minimum Gasteiger partial charge on any atom is -0.231 e. The first-order chi connectivity index (χ1) is 28.5. The van der Waals surface area contributed by atoms with Gasteiger partial charge in [0.25, 0.3) is 0 Å². The second-order valence-corrected chi connectivity index (χ2v) is 15.7. The van der Waals surface area contributed by atoms with Gasteiger partial charge in [-0.1, -0.05) is 184 Å². The third-order valence-corrected chi connectivity index (χ3v) is 11.8. The summed E-state index contributed by atoms with van der Waals surface area (Å²) < 4.78 is 2.14. The van der Waals surface area contributed by atoms with Gasteiger partial charge in [-0.2, -0.15) is 5.10 Å². The van der Waals surface area contributed by atoms with Crippen molar-refractivity contribution in [3.8, 4) is 78.7 Å². The molecule has 10 aromatic rings. The first-order valence-corrected chi connectivity index (χ1v) is 19.9. The molecule has 3 aromatic heterocycles. The summed E-state index contributed by atoms with van der Waals surface area (Å²) in [5.41, 5.74) is 17.4. The predicted octanol–water partition coefficient (Wildman–Crippen LogP) is 13.6. The normalized spacial score (nSPS) is 12.8. The van der Waals surface area contributed by atoms with E-state index in [2.05, 4.69) is 206 Å². The Morgan fingerprint density at radius 3 is 1.81 bits per heavy atom. The van der Waals surface area contributed by atoms with E-state index in [0.717, 1.165) is 78.0 Å². The summed E-state index contributed by atoms with van der Waals surface area (Å²) >= 11 is 0. The van der Waals surface area contributed by atoms with Crippen molar-refractivity contribution in [2.24, 2.45) is 0 Å². The Kier molecular flexibility index (Phi) is 7.80.